The molecule has 0 aliphatic carbocycles. The minimum Gasteiger partial charge on any atom is -1.00 e. The third kappa shape index (κ3) is 5.61. The first kappa shape index (κ1) is 16.4. The molecule has 0 bridgehead atoms. The number of nitrogens with zero attached hydrogens (tertiary/aromatic N) is 1. The normalized spacial score (nSPS) is 9.71. The van der Waals surface area contributed by atoms with Gasteiger partial charge in [0.25, 0.3) is 0 Å². The van der Waals surface area contributed by atoms with E-state index in [-0.39, 0.29) is 31.0 Å². The summed E-state index contributed by atoms with van der Waals surface area (Å²) in [7, 11) is 0. The molecule has 0 aliphatic heterocycles. The molecule has 0 aliphatic rings. The van der Waals surface area contributed by atoms with Gasteiger partial charge in [0.15, 0.2) is 0 Å². The average Bonchev–Trinajstić information content (AvgIpc) is 2.06. The van der Waals surface area contributed by atoms with Gasteiger partial charge in [-0.25, -0.2) is 0 Å². The molecule has 0 rings (SSSR count). The molecule has 14 heavy (non-hydrogen) atoms. The molecule has 0 unspecified atom stereocenters. The van der Waals surface area contributed by atoms with Crippen molar-refractivity contribution in [2.24, 2.45) is 0 Å². The van der Waals surface area contributed by atoms with E-state index in [0.717, 1.165) is 30.7 Å². The predicted molar refractivity (Wildman–Crippen MR) is 61.6 cm³/mol. The largest absolute Gasteiger partial charge is 1.00 e. The summed E-state index contributed by atoms with van der Waals surface area (Å²) in [5, 5.41) is 0. The summed E-state index contributed by atoms with van der Waals surface area (Å²) in [6.07, 6.45) is 7.76. The Morgan fingerprint density at radius 3 is 1.07 bits per heavy atom. The van der Waals surface area contributed by atoms with E-state index in [1.165, 1.54) is 0 Å². The Balaban J connectivity index is -0.000000720. The van der Waals surface area contributed by atoms with Crippen molar-refractivity contribution in [3.63, 3.8) is 0 Å². The van der Waals surface area contributed by atoms with Gasteiger partial charge in [0.1, 0.15) is 0 Å². The maximum absolute atomic E-state index is 3.77. The molecular formula is C12H21NNa+. The van der Waals surface area contributed by atoms with Gasteiger partial charge < -0.3 is 5.91 Å². The van der Waals surface area contributed by atoms with Crippen molar-refractivity contribution in [1.82, 2.24) is 0 Å². The molecule has 2 heteroatoms. The van der Waals surface area contributed by atoms with Crippen molar-refractivity contribution in [2.75, 3.05) is 26.2 Å². The SMILES string of the molecule is C=CC[N+](CC=C)(CC=C)CC=C.[H-].[Na+]. The molecule has 0 spiro atoms. The van der Waals surface area contributed by atoms with Crippen LogP contribution in [0, 0.1) is 0 Å². The zero-order valence-electron chi connectivity index (χ0n) is 10.4. The van der Waals surface area contributed by atoms with Crippen LogP contribution in [0.15, 0.2) is 50.6 Å². The Morgan fingerprint density at radius 2 is 0.929 bits per heavy atom. The Bertz CT molecular complexity index is 156. The van der Waals surface area contributed by atoms with E-state index in [9.17, 15) is 0 Å². The molecule has 0 aromatic rings. The third-order valence-corrected chi connectivity index (χ3v) is 2.07. The van der Waals surface area contributed by atoms with Crippen molar-refractivity contribution >= 4 is 0 Å². The molecule has 0 fully saturated rings. The minimum absolute atomic E-state index is 0. The quantitative estimate of drug-likeness (QED) is 0.287. The molecule has 0 aromatic carbocycles. The van der Waals surface area contributed by atoms with E-state index in [4.69, 9.17) is 0 Å². The monoisotopic (exact) mass is 202 g/mol. The van der Waals surface area contributed by atoms with Crippen LogP contribution in [0.25, 0.3) is 0 Å². The molecule has 1 nitrogen and oxygen atoms in total. The van der Waals surface area contributed by atoms with Crippen molar-refractivity contribution in [3.05, 3.63) is 50.6 Å². The van der Waals surface area contributed by atoms with E-state index in [2.05, 4.69) is 26.3 Å². The summed E-state index contributed by atoms with van der Waals surface area (Å²) in [5.41, 5.74) is 0. The molecule has 0 saturated heterocycles. The molecule has 0 saturated carbocycles. The van der Waals surface area contributed by atoms with Gasteiger partial charge in [0.2, 0.25) is 0 Å². The second-order valence-corrected chi connectivity index (χ2v) is 3.23. The van der Waals surface area contributed by atoms with E-state index in [0.29, 0.717) is 0 Å². The van der Waals surface area contributed by atoms with Crippen LogP contribution in [0.2, 0.25) is 0 Å². The number of quaternary nitrogens is 1. The summed E-state index contributed by atoms with van der Waals surface area (Å²) in [6.45, 7) is 18.8. The fourth-order valence-electron chi connectivity index (χ4n) is 1.54. The summed E-state index contributed by atoms with van der Waals surface area (Å²) in [5.74, 6) is 0. The number of hydrogen-bond donors (Lipinski definition) is 0. The van der Waals surface area contributed by atoms with Gasteiger partial charge in [0, 0.05) is 0 Å². The maximum Gasteiger partial charge on any atom is 1.00 e. The molecule has 0 N–H and O–H groups in total. The Kier molecular flexibility index (Phi) is 11.1. The standard InChI is InChI=1S/C12H20N.Na.H/c1-5-9-13(10-6-2,11-7-3)12-8-4;;/h5-8H,1-4,9-12H2;;/q2*+1;-1. The van der Waals surface area contributed by atoms with Gasteiger partial charge >= 0.3 is 29.6 Å². The average molecular weight is 202 g/mol. The molecule has 74 valence electrons. The van der Waals surface area contributed by atoms with Gasteiger partial charge in [-0.05, 0) is 24.3 Å². The van der Waals surface area contributed by atoms with E-state index < -0.39 is 0 Å². The van der Waals surface area contributed by atoms with Gasteiger partial charge in [0.05, 0.1) is 26.2 Å². The van der Waals surface area contributed by atoms with Crippen LogP contribution in [0.4, 0.5) is 0 Å². The van der Waals surface area contributed by atoms with Crippen LogP contribution in [-0.4, -0.2) is 30.7 Å². The van der Waals surface area contributed by atoms with Crippen LogP contribution < -0.4 is 29.6 Å². The van der Waals surface area contributed by atoms with Crippen LogP contribution in [-0.2, 0) is 0 Å². The van der Waals surface area contributed by atoms with Gasteiger partial charge in [-0.15, -0.1) is 0 Å². The van der Waals surface area contributed by atoms with Crippen LogP contribution >= 0.6 is 0 Å². The summed E-state index contributed by atoms with van der Waals surface area (Å²) >= 11 is 0. The number of hydrogen-bond acceptors (Lipinski definition) is 0. The van der Waals surface area contributed by atoms with Gasteiger partial charge in [-0.1, -0.05) is 26.3 Å². The van der Waals surface area contributed by atoms with E-state index in [1.54, 1.807) is 0 Å². The first-order valence-electron chi connectivity index (χ1n) is 4.53. The van der Waals surface area contributed by atoms with Crippen LogP contribution in [0.3, 0.4) is 0 Å². The maximum atomic E-state index is 3.77. The molecule has 0 aromatic heterocycles. The van der Waals surface area contributed by atoms with Crippen LogP contribution in [0.5, 0.6) is 0 Å². The minimum atomic E-state index is 0. The van der Waals surface area contributed by atoms with E-state index >= 15 is 0 Å². The van der Waals surface area contributed by atoms with Crippen molar-refractivity contribution in [2.45, 2.75) is 0 Å². The first-order valence-corrected chi connectivity index (χ1v) is 4.53. The molecule has 0 radical (unpaired) electrons. The van der Waals surface area contributed by atoms with Gasteiger partial charge in [-0.2, -0.15) is 0 Å². The van der Waals surface area contributed by atoms with Crippen molar-refractivity contribution in [3.8, 4) is 0 Å². The Hall–Kier alpha value is -0.0800. The predicted octanol–water partition coefficient (Wildman–Crippen LogP) is -0.336. The van der Waals surface area contributed by atoms with Crippen molar-refractivity contribution in [1.29, 1.82) is 0 Å². The second-order valence-electron chi connectivity index (χ2n) is 3.23. The van der Waals surface area contributed by atoms with E-state index in [1.807, 2.05) is 24.3 Å². The van der Waals surface area contributed by atoms with Crippen LogP contribution in [0.1, 0.15) is 1.43 Å². The summed E-state index contributed by atoms with van der Waals surface area (Å²) in [4.78, 5) is 0. The molecular weight excluding hydrogens is 181 g/mol. The zero-order valence-corrected chi connectivity index (χ0v) is 11.4. The topological polar surface area (TPSA) is 0 Å². The summed E-state index contributed by atoms with van der Waals surface area (Å²) in [6, 6.07) is 0. The van der Waals surface area contributed by atoms with Gasteiger partial charge in [-0.3, -0.25) is 0 Å². The fraction of sp³-hybridized carbons (Fsp3) is 0.333. The molecule has 0 atom stereocenters. The second kappa shape index (κ2) is 9.47. The first-order chi connectivity index (χ1) is 6.24. The Labute approximate surface area is 112 Å². The molecule has 0 heterocycles. The fourth-order valence-corrected chi connectivity index (χ4v) is 1.54. The Morgan fingerprint density at radius 1 is 0.714 bits per heavy atom. The summed E-state index contributed by atoms with van der Waals surface area (Å²) < 4.78 is 0.903. The number of rotatable bonds is 8. The zero-order chi connectivity index (χ0) is 10.2. The third-order valence-electron chi connectivity index (χ3n) is 2.07. The van der Waals surface area contributed by atoms with Crippen molar-refractivity contribution < 1.29 is 35.5 Å². The molecule has 0 amide bonds. The smallest absolute Gasteiger partial charge is 1.00 e.